The van der Waals surface area contributed by atoms with Gasteiger partial charge in [0.15, 0.2) is 0 Å². The van der Waals surface area contributed by atoms with Crippen LogP contribution in [0.25, 0.3) is 0 Å². The van der Waals surface area contributed by atoms with Gasteiger partial charge in [0, 0.05) is 6.54 Å². The number of methoxy groups -OCH3 is 1. The lowest BCUT2D eigenvalue weighted by atomic mass is 10.1. The van der Waals surface area contributed by atoms with Gasteiger partial charge in [0.2, 0.25) is 0 Å². The minimum Gasteiger partial charge on any atom is -0.497 e. The number of benzene rings is 1. The Morgan fingerprint density at radius 3 is 2.89 bits per heavy atom. The summed E-state index contributed by atoms with van der Waals surface area (Å²) in [7, 11) is 1.60. The largest absolute Gasteiger partial charge is 0.497 e. The molecule has 1 rings (SSSR count). The number of aliphatic hydroxyl groups is 1. The Bertz CT molecular complexity index is 401. The quantitative estimate of drug-likeness (QED) is 0.749. The second-order valence-corrected chi connectivity index (χ2v) is 4.19. The number of nitriles is 1. The molecule has 4 nitrogen and oxygen atoms in total. The average molecular weight is 248 g/mol. The van der Waals surface area contributed by atoms with Gasteiger partial charge < -0.3 is 9.84 Å². The van der Waals surface area contributed by atoms with Crippen LogP contribution in [0.4, 0.5) is 0 Å². The van der Waals surface area contributed by atoms with Crippen molar-refractivity contribution in [2.75, 3.05) is 26.7 Å². The number of rotatable bonds is 7. The van der Waals surface area contributed by atoms with Crippen molar-refractivity contribution in [3.05, 3.63) is 29.8 Å². The van der Waals surface area contributed by atoms with Gasteiger partial charge in [-0.25, -0.2) is 0 Å². The summed E-state index contributed by atoms with van der Waals surface area (Å²) in [6.07, 6.45) is 0.368. The lowest BCUT2D eigenvalue weighted by Crippen LogP contribution is -2.29. The summed E-state index contributed by atoms with van der Waals surface area (Å²) < 4.78 is 5.13. The van der Waals surface area contributed by atoms with E-state index in [1.54, 1.807) is 7.11 Å². The van der Waals surface area contributed by atoms with Crippen molar-refractivity contribution in [3.63, 3.8) is 0 Å². The topological polar surface area (TPSA) is 56.5 Å². The van der Waals surface area contributed by atoms with Crippen LogP contribution in [0.2, 0.25) is 0 Å². The number of ether oxygens (including phenoxy) is 1. The van der Waals surface area contributed by atoms with Crippen LogP contribution < -0.4 is 4.74 Å². The Hall–Kier alpha value is -1.57. The van der Waals surface area contributed by atoms with Gasteiger partial charge in [0.05, 0.1) is 25.8 Å². The fraction of sp³-hybridized carbons (Fsp3) is 0.500. The normalized spacial score (nSPS) is 12.2. The summed E-state index contributed by atoms with van der Waals surface area (Å²) in [5.41, 5.74) is 0.813. The van der Waals surface area contributed by atoms with E-state index in [-0.39, 0.29) is 0 Å². The number of hydrogen-bond donors (Lipinski definition) is 1. The second-order valence-electron chi connectivity index (χ2n) is 4.19. The van der Waals surface area contributed by atoms with Crippen LogP contribution in [0.3, 0.4) is 0 Å². The van der Waals surface area contributed by atoms with E-state index >= 15 is 0 Å². The second kappa shape index (κ2) is 7.70. The summed E-state index contributed by atoms with van der Waals surface area (Å²) in [6.45, 7) is 3.68. The zero-order chi connectivity index (χ0) is 13.4. The molecular weight excluding hydrogens is 228 g/mol. The molecule has 0 bridgehead atoms. The summed E-state index contributed by atoms with van der Waals surface area (Å²) in [5.74, 6) is 0.730. The molecule has 98 valence electrons. The van der Waals surface area contributed by atoms with E-state index in [2.05, 4.69) is 13.0 Å². The molecule has 0 saturated carbocycles. The minimum atomic E-state index is -0.597. The Labute approximate surface area is 108 Å². The summed E-state index contributed by atoms with van der Waals surface area (Å²) >= 11 is 0. The van der Waals surface area contributed by atoms with Gasteiger partial charge in [-0.05, 0) is 30.7 Å². The highest BCUT2D eigenvalue weighted by molar-refractivity contribution is 5.29. The summed E-state index contributed by atoms with van der Waals surface area (Å²) in [5, 5.41) is 18.9. The number of nitrogens with zero attached hydrogens (tertiary/aromatic N) is 2. The van der Waals surface area contributed by atoms with Gasteiger partial charge in [-0.2, -0.15) is 5.26 Å². The smallest absolute Gasteiger partial charge is 0.119 e. The third-order valence-corrected chi connectivity index (χ3v) is 2.74. The predicted molar refractivity (Wildman–Crippen MR) is 70.3 cm³/mol. The third-order valence-electron chi connectivity index (χ3n) is 2.74. The Kier molecular flexibility index (Phi) is 6.20. The van der Waals surface area contributed by atoms with Crippen molar-refractivity contribution in [1.29, 1.82) is 5.26 Å². The lowest BCUT2D eigenvalue weighted by Gasteiger charge is -2.22. The first-order valence-electron chi connectivity index (χ1n) is 6.12. The van der Waals surface area contributed by atoms with Crippen molar-refractivity contribution in [3.8, 4) is 11.8 Å². The highest BCUT2D eigenvalue weighted by Crippen LogP contribution is 2.19. The van der Waals surface area contributed by atoms with E-state index in [9.17, 15) is 5.11 Å². The van der Waals surface area contributed by atoms with Crippen LogP contribution in [0.5, 0.6) is 5.75 Å². The van der Waals surface area contributed by atoms with Gasteiger partial charge in [0.1, 0.15) is 5.75 Å². The van der Waals surface area contributed by atoms with E-state index in [0.717, 1.165) is 24.3 Å². The zero-order valence-corrected chi connectivity index (χ0v) is 11.0. The highest BCUT2D eigenvalue weighted by atomic mass is 16.5. The molecule has 1 N–H and O–H groups in total. The summed E-state index contributed by atoms with van der Waals surface area (Å²) in [4.78, 5) is 1.95. The van der Waals surface area contributed by atoms with Crippen LogP contribution in [-0.2, 0) is 0 Å². The Morgan fingerprint density at radius 1 is 1.50 bits per heavy atom. The van der Waals surface area contributed by atoms with Crippen molar-refractivity contribution in [1.82, 2.24) is 4.90 Å². The SMILES string of the molecule is CCCN(CC#N)CC(O)c1cccc(OC)c1. The van der Waals surface area contributed by atoms with Crippen molar-refractivity contribution in [2.24, 2.45) is 0 Å². The molecule has 1 unspecified atom stereocenters. The van der Waals surface area contributed by atoms with E-state index in [0.29, 0.717) is 13.1 Å². The van der Waals surface area contributed by atoms with E-state index in [1.807, 2.05) is 29.2 Å². The molecule has 0 saturated heterocycles. The fourth-order valence-corrected chi connectivity index (χ4v) is 1.85. The van der Waals surface area contributed by atoms with Gasteiger partial charge in [0.25, 0.3) is 0 Å². The first-order chi connectivity index (χ1) is 8.71. The van der Waals surface area contributed by atoms with Crippen molar-refractivity contribution in [2.45, 2.75) is 19.4 Å². The van der Waals surface area contributed by atoms with Crippen LogP contribution in [0.1, 0.15) is 25.0 Å². The lowest BCUT2D eigenvalue weighted by molar-refractivity contribution is 0.120. The van der Waals surface area contributed by atoms with Gasteiger partial charge in [-0.3, -0.25) is 4.90 Å². The minimum absolute atomic E-state index is 0.342. The standard InChI is InChI=1S/C14H20N2O2/c1-3-8-16(9-7-15)11-14(17)12-5-4-6-13(10-12)18-2/h4-6,10,14,17H,3,8-9,11H2,1-2H3. The monoisotopic (exact) mass is 248 g/mol. The molecule has 0 radical (unpaired) electrons. The summed E-state index contributed by atoms with van der Waals surface area (Å²) in [6, 6.07) is 9.50. The molecule has 0 amide bonds. The fourth-order valence-electron chi connectivity index (χ4n) is 1.85. The molecule has 0 spiro atoms. The maximum atomic E-state index is 10.2. The number of aliphatic hydroxyl groups excluding tert-OH is 1. The van der Waals surface area contributed by atoms with E-state index in [1.165, 1.54) is 0 Å². The van der Waals surface area contributed by atoms with Gasteiger partial charge in [-0.15, -0.1) is 0 Å². The van der Waals surface area contributed by atoms with Crippen LogP contribution in [0, 0.1) is 11.3 Å². The Morgan fingerprint density at radius 2 is 2.28 bits per heavy atom. The molecule has 1 atom stereocenters. The predicted octanol–water partition coefficient (Wildman–Crippen LogP) is 1.96. The first-order valence-corrected chi connectivity index (χ1v) is 6.12. The molecule has 0 aromatic heterocycles. The third kappa shape index (κ3) is 4.36. The molecule has 0 heterocycles. The van der Waals surface area contributed by atoms with Gasteiger partial charge >= 0.3 is 0 Å². The molecule has 0 aliphatic heterocycles. The molecule has 0 fully saturated rings. The first kappa shape index (κ1) is 14.5. The zero-order valence-electron chi connectivity index (χ0n) is 11.0. The molecule has 1 aromatic carbocycles. The van der Waals surface area contributed by atoms with E-state index < -0.39 is 6.10 Å². The van der Waals surface area contributed by atoms with Crippen molar-refractivity contribution < 1.29 is 9.84 Å². The maximum Gasteiger partial charge on any atom is 0.119 e. The van der Waals surface area contributed by atoms with Gasteiger partial charge in [-0.1, -0.05) is 19.1 Å². The van der Waals surface area contributed by atoms with Crippen LogP contribution >= 0.6 is 0 Å². The van der Waals surface area contributed by atoms with Crippen LogP contribution in [0.15, 0.2) is 24.3 Å². The highest BCUT2D eigenvalue weighted by Gasteiger charge is 2.13. The molecule has 0 aliphatic rings. The maximum absolute atomic E-state index is 10.2. The molecule has 0 aliphatic carbocycles. The molecular formula is C14H20N2O2. The number of hydrogen-bond acceptors (Lipinski definition) is 4. The van der Waals surface area contributed by atoms with Crippen molar-refractivity contribution >= 4 is 0 Å². The average Bonchev–Trinajstić information content (AvgIpc) is 2.39. The molecule has 1 aromatic rings. The van der Waals surface area contributed by atoms with E-state index in [4.69, 9.17) is 10.00 Å². The molecule has 4 heteroatoms. The Balaban J connectivity index is 2.67. The molecule has 18 heavy (non-hydrogen) atoms. The van der Waals surface area contributed by atoms with Crippen LogP contribution in [-0.4, -0.2) is 36.8 Å².